The smallest absolute Gasteiger partial charge is 0.122 e. The number of fused-ring (bicyclic) bond motifs is 1. The van der Waals surface area contributed by atoms with Crippen molar-refractivity contribution >= 4 is 0 Å². The van der Waals surface area contributed by atoms with Crippen molar-refractivity contribution in [3.63, 3.8) is 0 Å². The second-order valence-electron chi connectivity index (χ2n) is 9.45. The van der Waals surface area contributed by atoms with Gasteiger partial charge in [0.15, 0.2) is 0 Å². The van der Waals surface area contributed by atoms with E-state index in [1.807, 2.05) is 6.07 Å². The van der Waals surface area contributed by atoms with E-state index in [-0.39, 0.29) is 0 Å². The molecule has 4 atom stereocenters. The highest BCUT2D eigenvalue weighted by Gasteiger charge is 2.54. The molecule has 146 valence electrons. The van der Waals surface area contributed by atoms with Crippen LogP contribution >= 0.6 is 0 Å². The maximum absolute atomic E-state index is 10.1. The Bertz CT molecular complexity index is 602. The van der Waals surface area contributed by atoms with Crippen LogP contribution in [0.5, 0.6) is 11.5 Å². The molecule has 1 N–H and O–H groups in total. The van der Waals surface area contributed by atoms with Crippen LogP contribution in [-0.4, -0.2) is 25.9 Å². The number of methoxy groups -OCH3 is 2. The summed E-state index contributed by atoms with van der Waals surface area (Å²) in [5.41, 5.74) is 1.96. The quantitative estimate of drug-likeness (QED) is 0.794. The first-order chi connectivity index (χ1) is 12.3. The van der Waals surface area contributed by atoms with E-state index in [4.69, 9.17) is 9.47 Å². The number of hydrogen-bond acceptors (Lipinski definition) is 3. The van der Waals surface area contributed by atoms with Crippen molar-refractivity contribution in [1.82, 2.24) is 0 Å². The van der Waals surface area contributed by atoms with E-state index in [0.717, 1.165) is 30.3 Å². The first-order valence-corrected chi connectivity index (χ1v) is 10.2. The first kappa shape index (κ1) is 19.5. The number of benzene rings is 1. The van der Waals surface area contributed by atoms with E-state index in [1.54, 1.807) is 14.2 Å². The van der Waals surface area contributed by atoms with Crippen LogP contribution < -0.4 is 9.47 Å². The fraction of sp³-hybridized carbons (Fsp3) is 0.739. The average Bonchev–Trinajstić information content (AvgIpc) is 2.61. The molecule has 1 aromatic carbocycles. The molecule has 0 heterocycles. The maximum Gasteiger partial charge on any atom is 0.122 e. The van der Waals surface area contributed by atoms with E-state index in [9.17, 15) is 5.11 Å². The Morgan fingerprint density at radius 3 is 2.23 bits per heavy atom. The Kier molecular flexibility index (Phi) is 5.58. The van der Waals surface area contributed by atoms with Gasteiger partial charge >= 0.3 is 0 Å². The monoisotopic (exact) mass is 360 g/mol. The molecule has 0 unspecified atom stereocenters. The lowest BCUT2D eigenvalue weighted by molar-refractivity contribution is -0.105. The van der Waals surface area contributed by atoms with E-state index >= 15 is 0 Å². The van der Waals surface area contributed by atoms with Crippen molar-refractivity contribution in [2.75, 3.05) is 20.8 Å². The molecule has 3 nitrogen and oxygen atoms in total. The molecule has 0 saturated heterocycles. The van der Waals surface area contributed by atoms with Gasteiger partial charge in [0, 0.05) is 12.7 Å². The highest BCUT2D eigenvalue weighted by molar-refractivity contribution is 5.38. The highest BCUT2D eigenvalue weighted by atomic mass is 16.5. The molecule has 3 rings (SSSR count). The average molecular weight is 361 g/mol. The lowest BCUT2D eigenvalue weighted by atomic mass is 9.46. The lowest BCUT2D eigenvalue weighted by Gasteiger charge is -2.59. The molecule has 0 aliphatic heterocycles. The van der Waals surface area contributed by atoms with Crippen LogP contribution in [0, 0.1) is 28.6 Å². The Balaban J connectivity index is 1.95. The fourth-order valence-electron chi connectivity index (χ4n) is 6.31. The van der Waals surface area contributed by atoms with Crippen LogP contribution in [0.25, 0.3) is 0 Å². The number of hydrogen-bond donors (Lipinski definition) is 1. The lowest BCUT2D eigenvalue weighted by Crippen LogP contribution is -2.52. The Morgan fingerprint density at radius 2 is 1.65 bits per heavy atom. The summed E-state index contributed by atoms with van der Waals surface area (Å²) < 4.78 is 11.0. The zero-order valence-corrected chi connectivity index (χ0v) is 17.2. The minimum Gasteiger partial charge on any atom is -0.497 e. The molecule has 0 spiro atoms. The fourth-order valence-corrected chi connectivity index (χ4v) is 6.31. The normalized spacial score (nSPS) is 33.4. The standard InChI is InChI=1S/C23H36O3/c1-22(2)9-6-10-23(3)20(17(15-24)7-8-21(22)23)13-16-11-18(25-4)14-19(12-16)26-5/h11-12,14,17,20-21,24H,6-10,13,15H2,1-5H3/t17-,20-,21+,23-/m1/s1. The van der Waals surface area contributed by atoms with Gasteiger partial charge in [-0.2, -0.15) is 0 Å². The van der Waals surface area contributed by atoms with Crippen LogP contribution in [0.15, 0.2) is 18.2 Å². The zero-order valence-electron chi connectivity index (χ0n) is 17.2. The predicted molar refractivity (Wildman–Crippen MR) is 106 cm³/mol. The molecule has 2 aliphatic carbocycles. The summed E-state index contributed by atoms with van der Waals surface area (Å²) in [6.45, 7) is 7.72. The zero-order chi connectivity index (χ0) is 18.9. The van der Waals surface area contributed by atoms with Gasteiger partial charge in [0.2, 0.25) is 0 Å². The van der Waals surface area contributed by atoms with E-state index < -0.39 is 0 Å². The summed E-state index contributed by atoms with van der Waals surface area (Å²) in [6.07, 6.45) is 7.30. The van der Waals surface area contributed by atoms with Crippen molar-refractivity contribution in [2.24, 2.45) is 28.6 Å². The first-order valence-electron chi connectivity index (χ1n) is 10.2. The third kappa shape index (κ3) is 3.47. The van der Waals surface area contributed by atoms with Crippen molar-refractivity contribution in [3.05, 3.63) is 23.8 Å². The van der Waals surface area contributed by atoms with Gasteiger partial charge in [-0.05, 0) is 78.4 Å². The van der Waals surface area contributed by atoms with Gasteiger partial charge in [-0.3, -0.25) is 0 Å². The second kappa shape index (κ2) is 7.42. The van der Waals surface area contributed by atoms with Crippen LogP contribution in [0.4, 0.5) is 0 Å². The third-order valence-electron chi connectivity index (χ3n) is 7.62. The molecule has 0 aromatic heterocycles. The van der Waals surface area contributed by atoms with E-state index in [0.29, 0.717) is 29.3 Å². The topological polar surface area (TPSA) is 38.7 Å². The number of aliphatic hydroxyl groups is 1. The molecule has 2 saturated carbocycles. The van der Waals surface area contributed by atoms with E-state index in [2.05, 4.69) is 32.9 Å². The molecule has 2 fully saturated rings. The second-order valence-corrected chi connectivity index (χ2v) is 9.45. The Labute approximate surface area is 159 Å². The molecular weight excluding hydrogens is 324 g/mol. The van der Waals surface area contributed by atoms with Gasteiger partial charge in [-0.15, -0.1) is 0 Å². The molecule has 0 bridgehead atoms. The van der Waals surface area contributed by atoms with Crippen molar-refractivity contribution in [3.8, 4) is 11.5 Å². The summed E-state index contributed by atoms with van der Waals surface area (Å²) in [7, 11) is 3.41. The van der Waals surface area contributed by atoms with Gasteiger partial charge < -0.3 is 14.6 Å². The maximum atomic E-state index is 10.1. The van der Waals surface area contributed by atoms with Gasteiger partial charge in [0.25, 0.3) is 0 Å². The number of ether oxygens (including phenoxy) is 2. The predicted octanol–water partition coefficient (Wildman–Crippen LogP) is 5.10. The molecule has 0 radical (unpaired) electrons. The van der Waals surface area contributed by atoms with Crippen LogP contribution in [-0.2, 0) is 6.42 Å². The van der Waals surface area contributed by atoms with Gasteiger partial charge in [-0.1, -0.05) is 27.2 Å². The Hall–Kier alpha value is -1.22. The van der Waals surface area contributed by atoms with Crippen LogP contribution in [0.3, 0.4) is 0 Å². The van der Waals surface area contributed by atoms with Crippen molar-refractivity contribution < 1.29 is 14.6 Å². The van der Waals surface area contributed by atoms with Crippen molar-refractivity contribution in [2.45, 2.75) is 59.3 Å². The molecule has 0 amide bonds. The number of rotatable bonds is 5. The Morgan fingerprint density at radius 1 is 1.00 bits per heavy atom. The summed E-state index contributed by atoms with van der Waals surface area (Å²) in [5, 5.41) is 10.1. The van der Waals surface area contributed by atoms with Gasteiger partial charge in [0.05, 0.1) is 14.2 Å². The summed E-state index contributed by atoms with van der Waals surface area (Å²) in [5.74, 6) is 3.33. The third-order valence-corrected chi connectivity index (χ3v) is 7.62. The van der Waals surface area contributed by atoms with Gasteiger partial charge in [0.1, 0.15) is 11.5 Å². The number of aliphatic hydroxyl groups excluding tert-OH is 1. The molecule has 3 heteroatoms. The molecule has 26 heavy (non-hydrogen) atoms. The van der Waals surface area contributed by atoms with Crippen molar-refractivity contribution in [1.29, 1.82) is 0 Å². The van der Waals surface area contributed by atoms with Gasteiger partial charge in [-0.25, -0.2) is 0 Å². The summed E-state index contributed by atoms with van der Waals surface area (Å²) in [6, 6.07) is 6.21. The summed E-state index contributed by atoms with van der Waals surface area (Å²) >= 11 is 0. The highest BCUT2D eigenvalue weighted by Crippen LogP contribution is 2.61. The molecular formula is C23H36O3. The largest absolute Gasteiger partial charge is 0.497 e. The van der Waals surface area contributed by atoms with Crippen LogP contribution in [0.2, 0.25) is 0 Å². The minimum atomic E-state index is 0.295. The molecule has 1 aromatic rings. The SMILES string of the molecule is COc1cc(C[C@@H]2[C@@H](CO)CC[C@H]3C(C)(C)CCC[C@]23C)cc(OC)c1. The van der Waals surface area contributed by atoms with Crippen LogP contribution in [0.1, 0.15) is 58.4 Å². The molecule has 2 aliphatic rings. The van der Waals surface area contributed by atoms with E-state index in [1.165, 1.54) is 31.2 Å². The minimum absolute atomic E-state index is 0.295. The summed E-state index contributed by atoms with van der Waals surface area (Å²) in [4.78, 5) is 0.